The van der Waals surface area contributed by atoms with Crippen LogP contribution in [0.25, 0.3) is 0 Å². The van der Waals surface area contributed by atoms with Gasteiger partial charge in [0.05, 0.1) is 0 Å². The lowest BCUT2D eigenvalue weighted by Crippen LogP contribution is -2.56. The molecule has 3 heteroatoms. The van der Waals surface area contributed by atoms with E-state index in [-0.39, 0.29) is 11.1 Å². The molecule has 0 atom stereocenters. The summed E-state index contributed by atoms with van der Waals surface area (Å²) in [5.41, 5.74) is 0.466. The van der Waals surface area contributed by atoms with Gasteiger partial charge >= 0.3 is 0 Å². The lowest BCUT2D eigenvalue weighted by atomic mass is 9.83. The topological polar surface area (TPSA) is 3.24 Å². The predicted octanol–water partition coefficient (Wildman–Crippen LogP) is 3.29. The average Bonchev–Trinajstić information content (AvgIpc) is 1.80. The van der Waals surface area contributed by atoms with E-state index in [4.69, 9.17) is 0 Å². The molecule has 1 aliphatic rings. The first kappa shape index (κ1) is 11.1. The van der Waals surface area contributed by atoms with Crippen molar-refractivity contribution in [3.63, 3.8) is 0 Å². The van der Waals surface area contributed by atoms with Crippen LogP contribution in [0.2, 0.25) is 0 Å². The Hall–Kier alpha value is 1.04. The van der Waals surface area contributed by atoms with E-state index in [0.29, 0.717) is 0 Å². The maximum Gasteiger partial charge on any atom is 0.0270 e. The van der Waals surface area contributed by atoms with E-state index in [0.717, 1.165) is 3.92 Å². The molecule has 0 aliphatic carbocycles. The predicted molar refractivity (Wildman–Crippen MR) is 66.0 cm³/mol. The van der Waals surface area contributed by atoms with Crippen molar-refractivity contribution in [1.82, 2.24) is 4.31 Å². The summed E-state index contributed by atoms with van der Waals surface area (Å²) in [6.45, 7) is 9.08. The molecule has 1 aliphatic heterocycles. The molecule has 0 aromatic carbocycles. The molecule has 0 N–H and O–H groups in total. The quantitative estimate of drug-likeness (QED) is 0.408. The van der Waals surface area contributed by atoms with Gasteiger partial charge in [-0.15, -0.1) is 0 Å². The molecule has 1 rings (SSSR count). The molecular weight excluding hydrogens is 281 g/mol. The van der Waals surface area contributed by atoms with Gasteiger partial charge in [-0.25, -0.2) is 4.31 Å². The first-order chi connectivity index (χ1) is 5.26. The van der Waals surface area contributed by atoms with Gasteiger partial charge in [-0.2, -0.15) is 0 Å². The lowest BCUT2D eigenvalue weighted by molar-refractivity contribution is 0.0773. The van der Waals surface area contributed by atoms with Gasteiger partial charge in [0.15, 0.2) is 0 Å². The highest BCUT2D eigenvalue weighted by atomic mass is 127. The van der Waals surface area contributed by atoms with Crippen molar-refractivity contribution < 1.29 is 0 Å². The summed E-state index contributed by atoms with van der Waals surface area (Å²) in [5.74, 6) is 0. The van der Waals surface area contributed by atoms with E-state index >= 15 is 0 Å². The Morgan fingerprint density at radius 3 is 1.83 bits per heavy atom. The van der Waals surface area contributed by atoms with E-state index in [2.05, 4.69) is 67.4 Å². The number of piperidine rings is 1. The van der Waals surface area contributed by atoms with E-state index in [1.165, 1.54) is 12.8 Å². The van der Waals surface area contributed by atoms with Gasteiger partial charge in [0.2, 0.25) is 0 Å². The maximum atomic E-state index is 4.59. The monoisotopic (exact) mass is 299 g/mol. The molecule has 0 bridgehead atoms. The smallest absolute Gasteiger partial charge is 0.0270 e. The molecule has 0 aromatic rings. The molecule has 1 saturated heterocycles. The van der Waals surface area contributed by atoms with E-state index < -0.39 is 0 Å². The standard InChI is InChI=1S/C9H18INS/c1-8(2)5-7(10)6-9(3,4)11(8)12/h7,12H,5-6H2,1-4H3. The van der Waals surface area contributed by atoms with Crippen LogP contribution in [0.5, 0.6) is 0 Å². The van der Waals surface area contributed by atoms with Crippen molar-refractivity contribution in [1.29, 1.82) is 0 Å². The van der Waals surface area contributed by atoms with Crippen LogP contribution in [0, 0.1) is 0 Å². The number of rotatable bonds is 0. The molecule has 0 spiro atoms. The molecule has 72 valence electrons. The zero-order valence-corrected chi connectivity index (χ0v) is 11.3. The molecule has 1 fully saturated rings. The Kier molecular flexibility index (Phi) is 3.07. The number of alkyl halides is 1. The lowest BCUT2D eigenvalue weighted by Gasteiger charge is -2.51. The van der Waals surface area contributed by atoms with Crippen LogP contribution >= 0.6 is 35.4 Å². The fraction of sp³-hybridized carbons (Fsp3) is 1.00. The van der Waals surface area contributed by atoms with Gasteiger partial charge in [-0.1, -0.05) is 35.4 Å². The molecule has 1 nitrogen and oxygen atoms in total. The first-order valence-corrected chi connectivity index (χ1v) is 6.03. The highest BCUT2D eigenvalue weighted by molar-refractivity contribution is 14.1. The third-order valence-electron chi connectivity index (χ3n) is 2.59. The third-order valence-corrected chi connectivity index (χ3v) is 4.55. The third kappa shape index (κ3) is 2.10. The summed E-state index contributed by atoms with van der Waals surface area (Å²) < 4.78 is 3.01. The number of hydrogen-bond acceptors (Lipinski definition) is 2. The number of hydrogen-bond donors (Lipinski definition) is 1. The minimum Gasteiger partial charge on any atom is -0.242 e. The van der Waals surface area contributed by atoms with E-state index in [1.54, 1.807) is 0 Å². The summed E-state index contributed by atoms with van der Waals surface area (Å²) in [4.78, 5) is 0. The number of nitrogens with zero attached hydrogens (tertiary/aromatic N) is 1. The second-order valence-electron chi connectivity index (χ2n) is 4.94. The average molecular weight is 299 g/mol. The van der Waals surface area contributed by atoms with Crippen molar-refractivity contribution in [2.75, 3.05) is 0 Å². The Labute approximate surface area is 95.0 Å². The molecule has 0 amide bonds. The van der Waals surface area contributed by atoms with Crippen LogP contribution in [0.4, 0.5) is 0 Å². The van der Waals surface area contributed by atoms with Crippen molar-refractivity contribution in [3.8, 4) is 0 Å². The van der Waals surface area contributed by atoms with Crippen molar-refractivity contribution in [2.45, 2.75) is 55.5 Å². The molecule has 1 heterocycles. The van der Waals surface area contributed by atoms with Gasteiger partial charge in [-0.3, -0.25) is 0 Å². The Morgan fingerprint density at radius 1 is 1.17 bits per heavy atom. The van der Waals surface area contributed by atoms with Crippen LogP contribution < -0.4 is 0 Å². The second kappa shape index (κ2) is 3.31. The fourth-order valence-electron chi connectivity index (χ4n) is 2.15. The van der Waals surface area contributed by atoms with Gasteiger partial charge in [0.1, 0.15) is 0 Å². The fourth-order valence-corrected chi connectivity index (χ4v) is 4.47. The number of halogens is 1. The van der Waals surface area contributed by atoms with Crippen LogP contribution in [-0.2, 0) is 0 Å². The summed E-state index contributed by atoms with van der Waals surface area (Å²) in [6.07, 6.45) is 2.47. The largest absolute Gasteiger partial charge is 0.242 e. The van der Waals surface area contributed by atoms with Crippen LogP contribution in [0.1, 0.15) is 40.5 Å². The summed E-state index contributed by atoms with van der Waals surface area (Å²) >= 11 is 7.15. The zero-order chi connectivity index (χ0) is 9.57. The highest BCUT2D eigenvalue weighted by Crippen LogP contribution is 2.42. The van der Waals surface area contributed by atoms with Crippen LogP contribution in [0.3, 0.4) is 0 Å². The molecule has 0 aromatic heterocycles. The molecule has 0 saturated carbocycles. The maximum absolute atomic E-state index is 4.59. The van der Waals surface area contributed by atoms with Crippen molar-refractivity contribution in [3.05, 3.63) is 0 Å². The van der Waals surface area contributed by atoms with Crippen LogP contribution in [0.15, 0.2) is 0 Å². The Bertz CT molecular complexity index is 161. The summed E-state index contributed by atoms with van der Waals surface area (Å²) in [6, 6.07) is 0. The molecule has 0 unspecified atom stereocenters. The van der Waals surface area contributed by atoms with Crippen LogP contribution in [-0.4, -0.2) is 19.3 Å². The second-order valence-corrected chi connectivity index (χ2v) is 7.10. The normalized spacial score (nSPS) is 30.5. The first-order valence-electron chi connectivity index (χ1n) is 4.39. The summed E-state index contributed by atoms with van der Waals surface area (Å²) in [7, 11) is 0. The Morgan fingerprint density at radius 2 is 1.50 bits per heavy atom. The minimum atomic E-state index is 0.233. The van der Waals surface area contributed by atoms with E-state index in [1.807, 2.05) is 0 Å². The minimum absolute atomic E-state index is 0.233. The highest BCUT2D eigenvalue weighted by Gasteiger charge is 2.42. The van der Waals surface area contributed by atoms with Gasteiger partial charge in [-0.05, 0) is 40.5 Å². The van der Waals surface area contributed by atoms with Crippen molar-refractivity contribution >= 4 is 35.4 Å². The Balaban J connectivity index is 2.84. The van der Waals surface area contributed by atoms with Gasteiger partial charge < -0.3 is 0 Å². The zero-order valence-electron chi connectivity index (χ0n) is 8.26. The SMILES string of the molecule is CC1(C)CC(I)CC(C)(C)N1S. The van der Waals surface area contributed by atoms with E-state index in [9.17, 15) is 0 Å². The number of thiol groups is 1. The molecule has 0 radical (unpaired) electrons. The van der Waals surface area contributed by atoms with Crippen molar-refractivity contribution in [2.24, 2.45) is 0 Å². The molecule has 12 heavy (non-hydrogen) atoms. The summed E-state index contributed by atoms with van der Waals surface area (Å²) in [5, 5.41) is 0. The van der Waals surface area contributed by atoms with Gasteiger partial charge in [0.25, 0.3) is 0 Å². The van der Waals surface area contributed by atoms with Gasteiger partial charge in [0, 0.05) is 15.0 Å². The molecular formula is C9H18INS.